The second kappa shape index (κ2) is 5.47. The van der Waals surface area contributed by atoms with Crippen LogP contribution < -0.4 is 5.32 Å². The van der Waals surface area contributed by atoms with Crippen LogP contribution in [0.2, 0.25) is 5.02 Å². The van der Waals surface area contributed by atoms with E-state index in [4.69, 9.17) is 11.6 Å². The highest BCUT2D eigenvalue weighted by Gasteiger charge is 2.22. The van der Waals surface area contributed by atoms with Gasteiger partial charge in [0.1, 0.15) is 0 Å². The lowest BCUT2D eigenvalue weighted by atomic mass is 9.99. The van der Waals surface area contributed by atoms with Gasteiger partial charge in [-0.1, -0.05) is 35.9 Å². The van der Waals surface area contributed by atoms with Crippen molar-refractivity contribution in [3.8, 4) is 11.1 Å². The molecule has 0 heterocycles. The minimum atomic E-state index is -0.371. The van der Waals surface area contributed by atoms with E-state index in [0.717, 1.165) is 18.4 Å². The Labute approximate surface area is 131 Å². The third-order valence-electron chi connectivity index (χ3n) is 3.92. The molecule has 0 fully saturated rings. The third kappa shape index (κ3) is 2.28. The highest BCUT2D eigenvalue weighted by molar-refractivity contribution is 9.10. The molecular weight excluding hydrogens is 341 g/mol. The van der Waals surface area contributed by atoms with E-state index in [1.807, 2.05) is 13.1 Å². The van der Waals surface area contributed by atoms with Crippen LogP contribution in [-0.2, 0) is 6.42 Å². The molecule has 1 aliphatic rings. The monoisotopic (exact) mass is 353 g/mol. The molecule has 20 heavy (non-hydrogen) atoms. The quantitative estimate of drug-likeness (QED) is 0.739. The van der Waals surface area contributed by atoms with E-state index in [9.17, 15) is 4.39 Å². The van der Waals surface area contributed by atoms with Crippen LogP contribution in [0.3, 0.4) is 0 Å². The molecule has 0 spiro atoms. The third-order valence-corrected chi connectivity index (χ3v) is 5.17. The molecule has 1 atom stereocenters. The lowest BCUT2D eigenvalue weighted by molar-refractivity contribution is 0.590. The molecule has 2 aromatic carbocycles. The van der Waals surface area contributed by atoms with Gasteiger partial charge in [0, 0.05) is 16.1 Å². The maximum atomic E-state index is 14.3. The Hall–Kier alpha value is -0.900. The maximum absolute atomic E-state index is 14.3. The van der Waals surface area contributed by atoms with Crippen molar-refractivity contribution in [2.45, 2.75) is 18.9 Å². The first-order valence-electron chi connectivity index (χ1n) is 6.55. The number of aryl methyl sites for hydroxylation is 1. The van der Waals surface area contributed by atoms with Gasteiger partial charge in [0.05, 0.1) is 5.02 Å². The predicted octanol–water partition coefficient (Wildman–Crippen LogP) is 5.12. The van der Waals surface area contributed by atoms with Crippen LogP contribution in [0, 0.1) is 5.82 Å². The van der Waals surface area contributed by atoms with Crippen LogP contribution >= 0.6 is 27.5 Å². The van der Waals surface area contributed by atoms with Gasteiger partial charge >= 0.3 is 0 Å². The number of rotatable bonds is 2. The smallest absolute Gasteiger partial charge is 0.150 e. The lowest BCUT2D eigenvalue weighted by Gasteiger charge is -2.12. The molecule has 1 nitrogen and oxygen atoms in total. The maximum Gasteiger partial charge on any atom is 0.150 e. The molecule has 1 aliphatic carbocycles. The normalized spacial score (nSPS) is 17.3. The van der Waals surface area contributed by atoms with E-state index in [1.54, 1.807) is 12.1 Å². The van der Waals surface area contributed by atoms with Crippen LogP contribution in [-0.4, -0.2) is 7.05 Å². The van der Waals surface area contributed by atoms with Crippen LogP contribution in [0.1, 0.15) is 23.6 Å². The first kappa shape index (κ1) is 14.1. The zero-order valence-corrected chi connectivity index (χ0v) is 13.4. The lowest BCUT2D eigenvalue weighted by Crippen LogP contribution is -2.12. The molecule has 104 valence electrons. The summed E-state index contributed by atoms with van der Waals surface area (Å²) >= 11 is 9.20. The van der Waals surface area contributed by atoms with Crippen molar-refractivity contribution >= 4 is 27.5 Å². The van der Waals surface area contributed by atoms with Crippen molar-refractivity contribution in [3.05, 3.63) is 56.8 Å². The van der Waals surface area contributed by atoms with Crippen molar-refractivity contribution in [2.75, 3.05) is 7.05 Å². The molecule has 0 bridgehead atoms. The van der Waals surface area contributed by atoms with Gasteiger partial charge in [-0.05, 0) is 58.6 Å². The fraction of sp³-hybridized carbons (Fsp3) is 0.250. The number of benzene rings is 2. The molecule has 4 heteroatoms. The van der Waals surface area contributed by atoms with Gasteiger partial charge in [-0.15, -0.1) is 0 Å². The summed E-state index contributed by atoms with van der Waals surface area (Å²) in [6.45, 7) is 0. The van der Waals surface area contributed by atoms with Gasteiger partial charge in [-0.3, -0.25) is 0 Å². The summed E-state index contributed by atoms with van der Waals surface area (Å²) in [5.41, 5.74) is 4.04. The van der Waals surface area contributed by atoms with E-state index in [-0.39, 0.29) is 10.8 Å². The summed E-state index contributed by atoms with van der Waals surface area (Å²) < 4.78 is 14.8. The first-order valence-corrected chi connectivity index (χ1v) is 7.73. The van der Waals surface area contributed by atoms with Crippen LogP contribution in [0.25, 0.3) is 11.1 Å². The Balaban J connectivity index is 2.07. The second-order valence-electron chi connectivity index (χ2n) is 5.02. The van der Waals surface area contributed by atoms with E-state index in [1.165, 1.54) is 11.1 Å². The molecule has 0 amide bonds. The van der Waals surface area contributed by atoms with Gasteiger partial charge in [-0.25, -0.2) is 4.39 Å². The van der Waals surface area contributed by atoms with E-state index < -0.39 is 0 Å². The summed E-state index contributed by atoms with van der Waals surface area (Å²) in [6, 6.07) is 10.1. The van der Waals surface area contributed by atoms with Crippen molar-refractivity contribution in [3.63, 3.8) is 0 Å². The molecule has 0 radical (unpaired) electrons. The second-order valence-corrected chi connectivity index (χ2v) is 6.25. The van der Waals surface area contributed by atoms with Crippen LogP contribution in [0.4, 0.5) is 4.39 Å². The van der Waals surface area contributed by atoms with Gasteiger partial charge in [-0.2, -0.15) is 0 Å². The topological polar surface area (TPSA) is 12.0 Å². The van der Waals surface area contributed by atoms with Crippen molar-refractivity contribution < 1.29 is 4.39 Å². The number of halogens is 3. The summed E-state index contributed by atoms with van der Waals surface area (Å²) in [6.07, 6.45) is 2.12. The predicted molar refractivity (Wildman–Crippen MR) is 84.7 cm³/mol. The molecular formula is C16H14BrClFN. The van der Waals surface area contributed by atoms with Crippen molar-refractivity contribution in [1.29, 1.82) is 0 Å². The SMILES string of the molecule is CNC1CCc2cc(-c3ccc(Br)c(Cl)c3F)ccc21. The molecule has 0 saturated carbocycles. The van der Waals surface area contributed by atoms with Crippen LogP contribution in [0.15, 0.2) is 34.8 Å². The number of fused-ring (bicyclic) bond motifs is 1. The zero-order chi connectivity index (χ0) is 14.3. The minimum Gasteiger partial charge on any atom is -0.313 e. The van der Waals surface area contributed by atoms with Gasteiger partial charge in [0.25, 0.3) is 0 Å². The average Bonchev–Trinajstić information content (AvgIpc) is 2.87. The van der Waals surface area contributed by atoms with Gasteiger partial charge in [0.2, 0.25) is 0 Å². The van der Waals surface area contributed by atoms with Crippen LogP contribution in [0.5, 0.6) is 0 Å². The Bertz CT molecular complexity index is 672. The van der Waals surface area contributed by atoms with Crippen molar-refractivity contribution in [1.82, 2.24) is 5.32 Å². The standard InChI is InChI=1S/C16H14BrClFN/c1-20-14-7-3-9-8-10(2-4-11(9)14)12-5-6-13(17)15(18)16(12)19/h2,4-6,8,14,20H,3,7H2,1H3. The number of hydrogen-bond acceptors (Lipinski definition) is 1. The molecule has 2 aromatic rings. The average molecular weight is 355 g/mol. The van der Waals surface area contributed by atoms with E-state index in [2.05, 4.69) is 33.4 Å². The molecule has 0 aromatic heterocycles. The Morgan fingerprint density at radius 2 is 2.10 bits per heavy atom. The zero-order valence-electron chi connectivity index (χ0n) is 11.0. The number of hydrogen-bond donors (Lipinski definition) is 1. The summed E-state index contributed by atoms with van der Waals surface area (Å²) in [4.78, 5) is 0. The molecule has 1 N–H and O–H groups in total. The van der Waals surface area contributed by atoms with Crippen molar-refractivity contribution in [2.24, 2.45) is 0 Å². The number of nitrogens with one attached hydrogen (secondary N) is 1. The summed E-state index contributed by atoms with van der Waals surface area (Å²) in [5, 5.41) is 3.44. The van der Waals surface area contributed by atoms with Gasteiger partial charge in [0.15, 0.2) is 5.82 Å². The fourth-order valence-corrected chi connectivity index (χ4v) is 3.30. The summed E-state index contributed by atoms with van der Waals surface area (Å²) in [5.74, 6) is -0.371. The molecule has 0 aliphatic heterocycles. The first-order chi connectivity index (χ1) is 9.61. The van der Waals surface area contributed by atoms with E-state index in [0.29, 0.717) is 16.1 Å². The minimum absolute atomic E-state index is 0.135. The highest BCUT2D eigenvalue weighted by Crippen LogP contribution is 2.37. The largest absolute Gasteiger partial charge is 0.313 e. The summed E-state index contributed by atoms with van der Waals surface area (Å²) in [7, 11) is 1.97. The Kier molecular flexibility index (Phi) is 3.85. The molecule has 0 saturated heterocycles. The fourth-order valence-electron chi connectivity index (χ4n) is 2.83. The molecule has 1 unspecified atom stereocenters. The van der Waals surface area contributed by atoms with E-state index >= 15 is 0 Å². The van der Waals surface area contributed by atoms with Gasteiger partial charge < -0.3 is 5.32 Å². The Morgan fingerprint density at radius 1 is 1.30 bits per heavy atom. The molecule has 3 rings (SSSR count). The highest BCUT2D eigenvalue weighted by atomic mass is 79.9. The Morgan fingerprint density at radius 3 is 2.85 bits per heavy atom.